The molecule has 212 valence electrons. The molecule has 0 radical (unpaired) electrons. The van der Waals surface area contributed by atoms with Crippen LogP contribution in [0.2, 0.25) is 10.0 Å². The third kappa shape index (κ3) is 6.25. The van der Waals surface area contributed by atoms with Gasteiger partial charge in [0.15, 0.2) is 11.5 Å². The number of H-pyrrole nitrogens is 1. The molecular weight excluding hydrogens is 577 g/mol. The molecule has 1 heterocycles. The topological polar surface area (TPSA) is 102 Å². The van der Waals surface area contributed by atoms with Gasteiger partial charge in [0.2, 0.25) is 0 Å². The number of nitrogens with zero attached hydrogens (tertiary/aromatic N) is 1. The number of amides is 1. The van der Waals surface area contributed by atoms with Crippen LogP contribution in [0, 0.1) is 0 Å². The van der Waals surface area contributed by atoms with Crippen molar-refractivity contribution >= 4 is 52.2 Å². The van der Waals surface area contributed by atoms with Crippen LogP contribution >= 0.6 is 23.2 Å². The normalized spacial score (nSPS) is 11.0. The van der Waals surface area contributed by atoms with Crippen molar-refractivity contribution in [2.75, 3.05) is 13.7 Å². The molecule has 0 bridgehead atoms. The van der Waals surface area contributed by atoms with Crippen molar-refractivity contribution in [3.63, 3.8) is 0 Å². The highest BCUT2D eigenvalue weighted by molar-refractivity contribution is 6.40. The molecule has 0 aliphatic carbocycles. The Morgan fingerprint density at radius 2 is 1.76 bits per heavy atom. The first-order valence-corrected chi connectivity index (χ1v) is 13.7. The van der Waals surface area contributed by atoms with E-state index in [1.54, 1.807) is 54.6 Å². The summed E-state index contributed by atoms with van der Waals surface area (Å²) in [5, 5.41) is 5.69. The number of ether oxygens (including phenoxy) is 3. The number of esters is 1. The first-order chi connectivity index (χ1) is 20.4. The first-order valence-electron chi connectivity index (χ1n) is 12.9. The standard InChI is InChI=1S/C32H25Cl2N3O5/c1-3-41-27-14-19(12-13-26(27)42-32(39)21-10-7-11-23(15-21)40-2)18-35-37-31(38)30-28(20-8-5-4-6-9-20)29-24(34)16-22(33)17-25(29)36-30/h4-18,36H,3H2,1-2H3,(H,37,38). The number of carbonyl (C=O) groups is 2. The molecule has 10 heteroatoms. The van der Waals surface area contributed by atoms with Crippen LogP contribution in [0.3, 0.4) is 0 Å². The number of aromatic nitrogens is 1. The zero-order valence-electron chi connectivity index (χ0n) is 22.6. The van der Waals surface area contributed by atoms with Gasteiger partial charge in [-0.15, -0.1) is 0 Å². The van der Waals surface area contributed by atoms with E-state index in [1.165, 1.54) is 13.3 Å². The van der Waals surface area contributed by atoms with Crippen molar-refractivity contribution in [1.29, 1.82) is 0 Å². The highest BCUT2D eigenvalue weighted by atomic mass is 35.5. The van der Waals surface area contributed by atoms with Crippen LogP contribution in [0.4, 0.5) is 0 Å². The monoisotopic (exact) mass is 601 g/mol. The smallest absolute Gasteiger partial charge is 0.343 e. The van der Waals surface area contributed by atoms with Crippen molar-refractivity contribution in [2.24, 2.45) is 5.10 Å². The quantitative estimate of drug-likeness (QED) is 0.0786. The van der Waals surface area contributed by atoms with Crippen LogP contribution in [-0.4, -0.2) is 36.8 Å². The number of benzene rings is 4. The van der Waals surface area contributed by atoms with Crippen LogP contribution in [0.1, 0.15) is 33.3 Å². The summed E-state index contributed by atoms with van der Waals surface area (Å²) < 4.78 is 16.5. The molecule has 42 heavy (non-hydrogen) atoms. The maximum absolute atomic E-state index is 13.3. The molecule has 0 aliphatic rings. The van der Waals surface area contributed by atoms with E-state index in [2.05, 4.69) is 15.5 Å². The van der Waals surface area contributed by atoms with Crippen molar-refractivity contribution in [3.05, 3.63) is 112 Å². The second-order valence-corrected chi connectivity index (χ2v) is 9.85. The van der Waals surface area contributed by atoms with Gasteiger partial charge in [-0.25, -0.2) is 10.2 Å². The summed E-state index contributed by atoms with van der Waals surface area (Å²) in [7, 11) is 1.52. The van der Waals surface area contributed by atoms with E-state index in [-0.39, 0.29) is 11.4 Å². The van der Waals surface area contributed by atoms with E-state index < -0.39 is 11.9 Å². The fourth-order valence-electron chi connectivity index (χ4n) is 4.40. The maximum Gasteiger partial charge on any atom is 0.343 e. The van der Waals surface area contributed by atoms with Crippen molar-refractivity contribution in [3.8, 4) is 28.4 Å². The second-order valence-electron chi connectivity index (χ2n) is 9.01. The Morgan fingerprint density at radius 1 is 0.952 bits per heavy atom. The lowest BCUT2D eigenvalue weighted by atomic mass is 10.0. The summed E-state index contributed by atoms with van der Waals surface area (Å²) in [6, 6.07) is 24.4. The van der Waals surface area contributed by atoms with Gasteiger partial charge in [-0.2, -0.15) is 5.10 Å². The minimum Gasteiger partial charge on any atom is -0.497 e. The van der Waals surface area contributed by atoms with Gasteiger partial charge in [-0.1, -0.05) is 59.6 Å². The van der Waals surface area contributed by atoms with E-state index in [4.69, 9.17) is 37.4 Å². The van der Waals surface area contributed by atoms with Gasteiger partial charge in [0.25, 0.3) is 5.91 Å². The number of hydrogen-bond donors (Lipinski definition) is 2. The molecule has 0 spiro atoms. The number of hydrazone groups is 1. The van der Waals surface area contributed by atoms with E-state index in [0.717, 1.165) is 5.56 Å². The zero-order valence-corrected chi connectivity index (χ0v) is 24.1. The summed E-state index contributed by atoms with van der Waals surface area (Å²) >= 11 is 12.7. The van der Waals surface area contributed by atoms with E-state index in [9.17, 15) is 9.59 Å². The molecule has 0 saturated carbocycles. The van der Waals surface area contributed by atoms with Gasteiger partial charge in [0.05, 0.1) is 30.5 Å². The van der Waals surface area contributed by atoms with Crippen LogP contribution in [-0.2, 0) is 0 Å². The SMILES string of the molecule is CCOc1cc(C=NNC(=O)c2[nH]c3cc(Cl)cc(Cl)c3c2-c2ccccc2)ccc1OC(=O)c1cccc(OC)c1. The first kappa shape index (κ1) is 28.7. The lowest BCUT2D eigenvalue weighted by Crippen LogP contribution is -2.18. The summed E-state index contributed by atoms with van der Waals surface area (Å²) in [6.07, 6.45) is 1.46. The minimum absolute atomic E-state index is 0.243. The van der Waals surface area contributed by atoms with Crippen LogP contribution in [0.25, 0.3) is 22.0 Å². The summed E-state index contributed by atoms with van der Waals surface area (Å²) in [6.45, 7) is 2.16. The predicted molar refractivity (Wildman–Crippen MR) is 164 cm³/mol. The number of rotatable bonds is 9. The van der Waals surface area contributed by atoms with Gasteiger partial charge in [0, 0.05) is 21.5 Å². The van der Waals surface area contributed by atoms with Crippen LogP contribution in [0.15, 0.2) is 90.0 Å². The maximum atomic E-state index is 13.3. The van der Waals surface area contributed by atoms with E-state index in [0.29, 0.717) is 55.7 Å². The van der Waals surface area contributed by atoms with Gasteiger partial charge in [-0.05, 0) is 66.6 Å². The van der Waals surface area contributed by atoms with Crippen LogP contribution < -0.4 is 19.6 Å². The van der Waals surface area contributed by atoms with Gasteiger partial charge >= 0.3 is 5.97 Å². The average molecular weight is 602 g/mol. The number of halogens is 2. The van der Waals surface area contributed by atoms with Gasteiger partial charge in [0.1, 0.15) is 11.4 Å². The summed E-state index contributed by atoms with van der Waals surface area (Å²) in [5.41, 5.74) is 5.87. The Balaban J connectivity index is 1.37. The molecule has 4 aromatic carbocycles. The summed E-state index contributed by atoms with van der Waals surface area (Å²) in [5.74, 6) is 0.0997. The number of nitrogens with one attached hydrogen (secondary N) is 2. The molecular formula is C32H25Cl2N3O5. The molecule has 8 nitrogen and oxygen atoms in total. The van der Waals surface area contributed by atoms with Crippen molar-refractivity contribution in [1.82, 2.24) is 10.4 Å². The lowest BCUT2D eigenvalue weighted by Gasteiger charge is -2.11. The lowest BCUT2D eigenvalue weighted by molar-refractivity contribution is 0.0727. The number of aromatic amines is 1. The molecule has 0 fully saturated rings. The zero-order chi connectivity index (χ0) is 29.6. The Labute approximate surface area is 251 Å². The fraction of sp³-hybridized carbons (Fsp3) is 0.0938. The molecule has 1 amide bonds. The Hall–Kier alpha value is -4.79. The van der Waals surface area contributed by atoms with Gasteiger partial charge < -0.3 is 19.2 Å². The average Bonchev–Trinajstić information content (AvgIpc) is 3.39. The third-order valence-corrected chi connectivity index (χ3v) is 6.78. The molecule has 2 N–H and O–H groups in total. The summed E-state index contributed by atoms with van der Waals surface area (Å²) in [4.78, 5) is 29.1. The number of carbonyl (C=O) groups excluding carboxylic acids is 2. The second kappa shape index (κ2) is 12.8. The Bertz CT molecular complexity index is 1800. The molecule has 1 aromatic heterocycles. The highest BCUT2D eigenvalue weighted by Gasteiger charge is 2.21. The van der Waals surface area contributed by atoms with E-state index in [1.807, 2.05) is 37.3 Å². The van der Waals surface area contributed by atoms with Crippen molar-refractivity contribution in [2.45, 2.75) is 6.92 Å². The highest BCUT2D eigenvalue weighted by Crippen LogP contribution is 2.38. The Morgan fingerprint density at radius 3 is 2.52 bits per heavy atom. The molecule has 0 saturated heterocycles. The van der Waals surface area contributed by atoms with Gasteiger partial charge in [-0.3, -0.25) is 4.79 Å². The Kier molecular flexibility index (Phi) is 8.76. The minimum atomic E-state index is -0.558. The van der Waals surface area contributed by atoms with E-state index >= 15 is 0 Å². The predicted octanol–water partition coefficient (Wildman–Crippen LogP) is 7.53. The molecule has 0 unspecified atom stereocenters. The van der Waals surface area contributed by atoms with Crippen LogP contribution in [0.5, 0.6) is 17.2 Å². The fourth-order valence-corrected chi connectivity index (χ4v) is 4.99. The van der Waals surface area contributed by atoms with Crippen molar-refractivity contribution < 1.29 is 23.8 Å². The molecule has 5 aromatic rings. The largest absolute Gasteiger partial charge is 0.497 e. The number of hydrogen-bond acceptors (Lipinski definition) is 6. The molecule has 5 rings (SSSR count). The third-order valence-electron chi connectivity index (χ3n) is 6.26. The molecule has 0 atom stereocenters. The number of fused-ring (bicyclic) bond motifs is 1. The number of methoxy groups -OCH3 is 1. The molecule has 0 aliphatic heterocycles.